The zero-order chi connectivity index (χ0) is 16.9. The van der Waals surface area contributed by atoms with Crippen molar-refractivity contribution in [1.29, 1.82) is 0 Å². The van der Waals surface area contributed by atoms with E-state index in [-0.39, 0.29) is 12.2 Å². The zero-order valence-electron chi connectivity index (χ0n) is 12.5. The van der Waals surface area contributed by atoms with Crippen LogP contribution >= 0.6 is 11.8 Å². The Labute approximate surface area is 141 Å². The molecule has 0 amide bonds. The molecule has 0 aliphatic heterocycles. The van der Waals surface area contributed by atoms with Gasteiger partial charge in [-0.2, -0.15) is 0 Å². The van der Waals surface area contributed by atoms with Gasteiger partial charge in [-0.05, 0) is 36.4 Å². The maximum absolute atomic E-state index is 13.2. The van der Waals surface area contributed by atoms with Crippen molar-refractivity contribution < 1.29 is 14.3 Å². The van der Waals surface area contributed by atoms with Crippen molar-refractivity contribution in [1.82, 2.24) is 19.7 Å². The molecule has 1 aromatic carbocycles. The molecule has 2 aromatic heterocycles. The molecule has 2 heterocycles. The van der Waals surface area contributed by atoms with E-state index in [9.17, 15) is 9.18 Å². The molecule has 3 aromatic rings. The van der Waals surface area contributed by atoms with E-state index in [2.05, 4.69) is 15.2 Å². The van der Waals surface area contributed by atoms with E-state index in [0.29, 0.717) is 22.4 Å². The first-order valence-electron chi connectivity index (χ1n) is 7.11. The lowest BCUT2D eigenvalue weighted by molar-refractivity contribution is -0.136. The van der Waals surface area contributed by atoms with Crippen LogP contribution < -0.4 is 0 Å². The number of aliphatic carboxylic acids is 1. The first-order valence-corrected chi connectivity index (χ1v) is 8.10. The van der Waals surface area contributed by atoms with E-state index in [1.54, 1.807) is 41.2 Å². The number of carbonyl (C=O) groups is 1. The number of halogens is 1. The SMILES string of the molecule is O=C(O)CCSc1nnc(-c2ccncc2)n1-c1ccc(F)cc1. The highest BCUT2D eigenvalue weighted by Gasteiger charge is 2.16. The van der Waals surface area contributed by atoms with Crippen molar-refractivity contribution in [3.05, 3.63) is 54.6 Å². The van der Waals surface area contributed by atoms with Gasteiger partial charge in [0.05, 0.1) is 6.42 Å². The van der Waals surface area contributed by atoms with Crippen LogP contribution in [-0.2, 0) is 4.79 Å². The molecule has 0 fully saturated rings. The second-order valence-electron chi connectivity index (χ2n) is 4.85. The first-order chi connectivity index (χ1) is 11.6. The lowest BCUT2D eigenvalue weighted by atomic mass is 10.2. The number of pyridine rings is 1. The highest BCUT2D eigenvalue weighted by molar-refractivity contribution is 7.99. The van der Waals surface area contributed by atoms with Crippen LogP contribution in [0.15, 0.2) is 53.9 Å². The predicted molar refractivity (Wildman–Crippen MR) is 87.5 cm³/mol. The normalized spacial score (nSPS) is 10.7. The van der Waals surface area contributed by atoms with Crippen molar-refractivity contribution in [3.8, 4) is 17.1 Å². The summed E-state index contributed by atoms with van der Waals surface area (Å²) in [5.74, 6) is -0.255. The highest BCUT2D eigenvalue weighted by atomic mass is 32.2. The lowest BCUT2D eigenvalue weighted by Crippen LogP contribution is -2.01. The second-order valence-corrected chi connectivity index (χ2v) is 5.91. The highest BCUT2D eigenvalue weighted by Crippen LogP contribution is 2.28. The summed E-state index contributed by atoms with van der Waals surface area (Å²) < 4.78 is 15.0. The van der Waals surface area contributed by atoms with Crippen molar-refractivity contribution in [2.75, 3.05) is 5.75 Å². The summed E-state index contributed by atoms with van der Waals surface area (Å²) in [5.41, 5.74) is 1.51. The van der Waals surface area contributed by atoms with Crippen molar-refractivity contribution in [2.45, 2.75) is 11.6 Å². The smallest absolute Gasteiger partial charge is 0.304 e. The predicted octanol–water partition coefficient (Wildman–Crippen LogP) is 3.04. The fraction of sp³-hybridized carbons (Fsp3) is 0.125. The third-order valence-electron chi connectivity index (χ3n) is 3.20. The number of hydrogen-bond donors (Lipinski definition) is 1. The number of nitrogens with zero attached hydrogens (tertiary/aromatic N) is 4. The number of rotatable bonds is 6. The fourth-order valence-electron chi connectivity index (χ4n) is 2.10. The molecule has 24 heavy (non-hydrogen) atoms. The Morgan fingerprint density at radius 3 is 2.50 bits per heavy atom. The summed E-state index contributed by atoms with van der Waals surface area (Å²) in [4.78, 5) is 14.7. The maximum Gasteiger partial charge on any atom is 0.304 e. The Bertz CT molecular complexity index is 837. The molecular formula is C16H13FN4O2S. The number of carboxylic acid groups (broad SMARTS) is 1. The van der Waals surface area contributed by atoms with Gasteiger partial charge < -0.3 is 5.11 Å². The number of hydrogen-bond acceptors (Lipinski definition) is 5. The molecule has 6 nitrogen and oxygen atoms in total. The number of carboxylic acids is 1. The standard InChI is InChI=1S/C16H13FN4O2S/c17-12-1-3-13(4-2-12)21-15(11-5-8-18-9-6-11)19-20-16(21)24-10-7-14(22)23/h1-6,8-9H,7,10H2,(H,22,23). The largest absolute Gasteiger partial charge is 0.481 e. The Morgan fingerprint density at radius 1 is 1.12 bits per heavy atom. The molecule has 0 saturated heterocycles. The monoisotopic (exact) mass is 344 g/mol. The minimum Gasteiger partial charge on any atom is -0.481 e. The summed E-state index contributed by atoms with van der Waals surface area (Å²) in [7, 11) is 0. The van der Waals surface area contributed by atoms with Crippen LogP contribution in [0.4, 0.5) is 4.39 Å². The molecule has 0 unspecified atom stereocenters. The number of thioether (sulfide) groups is 1. The summed E-state index contributed by atoms with van der Waals surface area (Å²) >= 11 is 1.29. The zero-order valence-corrected chi connectivity index (χ0v) is 13.3. The molecule has 8 heteroatoms. The quantitative estimate of drug-likeness (QED) is 0.692. The summed E-state index contributed by atoms with van der Waals surface area (Å²) in [5, 5.41) is 17.7. The van der Waals surface area contributed by atoms with Gasteiger partial charge in [0.15, 0.2) is 11.0 Å². The Balaban J connectivity index is 2.02. The average molecular weight is 344 g/mol. The molecule has 0 saturated carbocycles. The van der Waals surface area contributed by atoms with Gasteiger partial charge in [0.1, 0.15) is 5.82 Å². The van der Waals surface area contributed by atoms with E-state index in [1.165, 1.54) is 23.9 Å². The summed E-state index contributed by atoms with van der Waals surface area (Å²) in [6.45, 7) is 0. The average Bonchev–Trinajstić information content (AvgIpc) is 3.00. The van der Waals surface area contributed by atoms with Crippen LogP contribution in [0.1, 0.15) is 6.42 Å². The molecule has 0 radical (unpaired) electrons. The van der Waals surface area contributed by atoms with E-state index in [4.69, 9.17) is 5.11 Å². The van der Waals surface area contributed by atoms with Gasteiger partial charge in [0.2, 0.25) is 0 Å². The number of aromatic nitrogens is 4. The minimum absolute atomic E-state index is 0.0194. The molecule has 0 aliphatic carbocycles. The minimum atomic E-state index is -0.871. The van der Waals surface area contributed by atoms with Crippen LogP contribution in [0, 0.1) is 5.82 Å². The number of benzene rings is 1. The second kappa shape index (κ2) is 7.22. The van der Waals surface area contributed by atoms with Gasteiger partial charge in [-0.25, -0.2) is 4.39 Å². The third-order valence-corrected chi connectivity index (χ3v) is 4.13. The fourth-order valence-corrected chi connectivity index (χ4v) is 2.98. The molecule has 3 rings (SSSR count). The lowest BCUT2D eigenvalue weighted by Gasteiger charge is -2.10. The van der Waals surface area contributed by atoms with Crippen LogP contribution in [0.2, 0.25) is 0 Å². The van der Waals surface area contributed by atoms with Gasteiger partial charge in [-0.1, -0.05) is 11.8 Å². The van der Waals surface area contributed by atoms with Crippen LogP contribution in [0.3, 0.4) is 0 Å². The van der Waals surface area contributed by atoms with Gasteiger partial charge in [-0.3, -0.25) is 14.3 Å². The Hall–Kier alpha value is -2.74. The Kier molecular flexibility index (Phi) is 4.85. The van der Waals surface area contributed by atoms with Crippen LogP contribution in [0.25, 0.3) is 17.1 Å². The van der Waals surface area contributed by atoms with E-state index >= 15 is 0 Å². The first kappa shape index (κ1) is 16.1. The molecular weight excluding hydrogens is 331 g/mol. The maximum atomic E-state index is 13.2. The van der Waals surface area contributed by atoms with Gasteiger partial charge in [-0.15, -0.1) is 10.2 Å². The van der Waals surface area contributed by atoms with Crippen molar-refractivity contribution in [3.63, 3.8) is 0 Å². The van der Waals surface area contributed by atoms with Gasteiger partial charge in [0, 0.05) is 29.4 Å². The molecule has 0 bridgehead atoms. The van der Waals surface area contributed by atoms with E-state index in [0.717, 1.165) is 5.56 Å². The summed E-state index contributed by atoms with van der Waals surface area (Å²) in [6, 6.07) is 9.58. The van der Waals surface area contributed by atoms with Crippen LogP contribution in [0.5, 0.6) is 0 Å². The topological polar surface area (TPSA) is 80.9 Å². The molecule has 1 N–H and O–H groups in total. The molecule has 0 atom stereocenters. The van der Waals surface area contributed by atoms with Crippen LogP contribution in [-0.4, -0.2) is 36.6 Å². The van der Waals surface area contributed by atoms with Crippen molar-refractivity contribution in [2.24, 2.45) is 0 Å². The molecule has 122 valence electrons. The Morgan fingerprint density at radius 2 is 1.83 bits per heavy atom. The third kappa shape index (κ3) is 3.60. The molecule has 0 aliphatic rings. The van der Waals surface area contributed by atoms with Crippen molar-refractivity contribution >= 4 is 17.7 Å². The van der Waals surface area contributed by atoms with Gasteiger partial charge >= 0.3 is 5.97 Å². The molecule has 0 spiro atoms. The van der Waals surface area contributed by atoms with Gasteiger partial charge in [0.25, 0.3) is 0 Å². The van der Waals surface area contributed by atoms with E-state index in [1.807, 2.05) is 0 Å². The summed E-state index contributed by atoms with van der Waals surface area (Å²) in [6.07, 6.45) is 3.32. The van der Waals surface area contributed by atoms with E-state index < -0.39 is 5.97 Å².